The lowest BCUT2D eigenvalue weighted by Crippen LogP contribution is -2.54. The third kappa shape index (κ3) is 3.10. The fraction of sp³-hybridized carbons (Fsp3) is 0.0476. The fourth-order valence-corrected chi connectivity index (χ4v) is 5.77. The van der Waals surface area contributed by atoms with Crippen molar-refractivity contribution in [1.29, 1.82) is 0 Å². The van der Waals surface area contributed by atoms with Crippen molar-refractivity contribution in [3.05, 3.63) is 102 Å². The number of benzene rings is 3. The van der Waals surface area contributed by atoms with Crippen LogP contribution in [0.1, 0.15) is 5.56 Å². The first kappa shape index (κ1) is 14.5. The summed E-state index contributed by atoms with van der Waals surface area (Å²) in [5, 5.41) is 2.88. The quantitative estimate of drug-likeness (QED) is 0.636. The highest BCUT2D eigenvalue weighted by molar-refractivity contribution is 7.05. The molecule has 3 aromatic carbocycles. The van der Waals surface area contributed by atoms with E-state index in [1.165, 1.54) is 15.9 Å². The second-order valence-corrected chi connectivity index (χ2v) is 9.57. The maximum absolute atomic E-state index is 2.44. The van der Waals surface area contributed by atoms with Crippen molar-refractivity contribution >= 4 is 24.5 Å². The Hall–Kier alpha value is -2.38. The van der Waals surface area contributed by atoms with Gasteiger partial charge in [-0.05, 0) is 5.56 Å². The molecular formula is C21H20Si. The van der Waals surface area contributed by atoms with E-state index in [0.29, 0.717) is 0 Å². The van der Waals surface area contributed by atoms with E-state index in [1.807, 2.05) is 0 Å². The highest BCUT2D eigenvalue weighted by atomic mass is 28.3. The van der Waals surface area contributed by atoms with Gasteiger partial charge >= 0.3 is 0 Å². The highest BCUT2D eigenvalue weighted by Crippen LogP contribution is 2.11. The molecule has 22 heavy (non-hydrogen) atoms. The predicted molar refractivity (Wildman–Crippen MR) is 99.2 cm³/mol. The predicted octanol–water partition coefficient (Wildman–Crippen LogP) is 4.13. The summed E-state index contributed by atoms with van der Waals surface area (Å²) in [5.41, 5.74) is 3.69. The molecule has 3 rings (SSSR count). The standard InChI is InChI=1S/C21H20Si/c1-22(20-13-7-3-8-14-20,21-15-9-4-10-16-21)18-17-19-11-5-2-6-12-19/h2-18H,1H3/b18-17+. The molecule has 1 heteroatoms. The van der Waals surface area contributed by atoms with Gasteiger partial charge in [-0.15, -0.1) is 0 Å². The Morgan fingerprint density at radius 1 is 0.591 bits per heavy atom. The van der Waals surface area contributed by atoms with Gasteiger partial charge < -0.3 is 0 Å². The van der Waals surface area contributed by atoms with Crippen LogP contribution in [-0.4, -0.2) is 8.07 Å². The molecule has 3 aromatic rings. The third-order valence-corrected chi connectivity index (χ3v) is 8.05. The second-order valence-electron chi connectivity index (χ2n) is 5.68. The van der Waals surface area contributed by atoms with Gasteiger partial charge in [0.25, 0.3) is 0 Å². The van der Waals surface area contributed by atoms with Gasteiger partial charge in [0.15, 0.2) is 0 Å². The molecule has 0 saturated carbocycles. The van der Waals surface area contributed by atoms with Crippen LogP contribution in [0.4, 0.5) is 0 Å². The van der Waals surface area contributed by atoms with Crippen molar-refractivity contribution < 1.29 is 0 Å². The molecule has 0 spiro atoms. The van der Waals surface area contributed by atoms with Crippen LogP contribution < -0.4 is 10.4 Å². The van der Waals surface area contributed by atoms with Crippen LogP contribution in [0, 0.1) is 0 Å². The molecule has 0 N–H and O–H groups in total. The molecule has 0 unspecified atom stereocenters. The van der Waals surface area contributed by atoms with E-state index in [-0.39, 0.29) is 0 Å². The first-order valence-electron chi connectivity index (χ1n) is 7.64. The molecule has 0 heterocycles. The number of rotatable bonds is 4. The van der Waals surface area contributed by atoms with E-state index in [2.05, 4.69) is 109 Å². The molecule has 0 aliphatic heterocycles. The zero-order valence-corrected chi connectivity index (χ0v) is 13.8. The van der Waals surface area contributed by atoms with E-state index in [1.54, 1.807) is 0 Å². The van der Waals surface area contributed by atoms with Crippen LogP contribution in [0.25, 0.3) is 6.08 Å². The van der Waals surface area contributed by atoms with E-state index in [4.69, 9.17) is 0 Å². The Balaban J connectivity index is 2.06. The van der Waals surface area contributed by atoms with Gasteiger partial charge in [-0.3, -0.25) is 0 Å². The van der Waals surface area contributed by atoms with Gasteiger partial charge in [-0.1, -0.05) is 120 Å². The average molecular weight is 300 g/mol. The van der Waals surface area contributed by atoms with Crippen LogP contribution in [0.3, 0.4) is 0 Å². The smallest absolute Gasteiger partial charge is 0.0855 e. The Morgan fingerprint density at radius 2 is 1.00 bits per heavy atom. The van der Waals surface area contributed by atoms with Gasteiger partial charge in [-0.25, -0.2) is 0 Å². The average Bonchev–Trinajstić information content (AvgIpc) is 2.62. The van der Waals surface area contributed by atoms with Crippen molar-refractivity contribution in [3.8, 4) is 0 Å². The molecule has 108 valence electrons. The molecule has 0 bridgehead atoms. The summed E-state index contributed by atoms with van der Waals surface area (Å²) in [5.74, 6) is 0. The minimum absolute atomic E-state index is 1.26. The molecular weight excluding hydrogens is 280 g/mol. The zero-order valence-electron chi connectivity index (χ0n) is 12.8. The minimum atomic E-state index is -1.86. The highest BCUT2D eigenvalue weighted by Gasteiger charge is 2.28. The Bertz CT molecular complexity index is 691. The summed E-state index contributed by atoms with van der Waals surface area (Å²) in [4.78, 5) is 0. The molecule has 0 saturated heterocycles. The Morgan fingerprint density at radius 3 is 1.45 bits per heavy atom. The summed E-state index contributed by atoms with van der Waals surface area (Å²) in [6.07, 6.45) is 2.27. The van der Waals surface area contributed by atoms with Crippen molar-refractivity contribution in [1.82, 2.24) is 0 Å². The van der Waals surface area contributed by atoms with Crippen LogP contribution in [0.15, 0.2) is 96.7 Å². The molecule has 0 nitrogen and oxygen atoms in total. The van der Waals surface area contributed by atoms with Gasteiger partial charge in [0.2, 0.25) is 0 Å². The van der Waals surface area contributed by atoms with Crippen LogP contribution in [-0.2, 0) is 0 Å². The Kier molecular flexibility index (Phi) is 4.36. The van der Waals surface area contributed by atoms with Crippen molar-refractivity contribution in [2.45, 2.75) is 6.55 Å². The second kappa shape index (κ2) is 6.59. The molecule has 0 atom stereocenters. The van der Waals surface area contributed by atoms with E-state index >= 15 is 0 Å². The largest absolute Gasteiger partial charge is 0.138 e. The van der Waals surface area contributed by atoms with Gasteiger partial charge in [0, 0.05) is 0 Å². The van der Waals surface area contributed by atoms with E-state index in [9.17, 15) is 0 Å². The van der Waals surface area contributed by atoms with Gasteiger partial charge in [-0.2, -0.15) is 0 Å². The molecule has 0 amide bonds. The molecule has 0 aromatic heterocycles. The van der Waals surface area contributed by atoms with E-state index < -0.39 is 8.07 Å². The fourth-order valence-electron chi connectivity index (χ4n) is 2.75. The molecule has 0 fully saturated rings. The molecule has 0 aliphatic carbocycles. The van der Waals surface area contributed by atoms with Gasteiger partial charge in [0.05, 0.1) is 0 Å². The lowest BCUT2D eigenvalue weighted by atomic mass is 10.2. The van der Waals surface area contributed by atoms with Crippen molar-refractivity contribution in [2.24, 2.45) is 0 Å². The summed E-state index contributed by atoms with van der Waals surface area (Å²) in [6.45, 7) is 2.41. The minimum Gasteiger partial charge on any atom is -0.0855 e. The van der Waals surface area contributed by atoms with Gasteiger partial charge in [0.1, 0.15) is 8.07 Å². The summed E-state index contributed by atoms with van der Waals surface area (Å²) < 4.78 is 0. The first-order chi connectivity index (χ1) is 10.8. The van der Waals surface area contributed by atoms with Crippen LogP contribution in [0.5, 0.6) is 0 Å². The molecule has 0 radical (unpaired) electrons. The van der Waals surface area contributed by atoms with E-state index in [0.717, 1.165) is 0 Å². The monoisotopic (exact) mass is 300 g/mol. The summed E-state index contributed by atoms with van der Waals surface area (Å²) in [6, 6.07) is 32.3. The first-order valence-corrected chi connectivity index (χ1v) is 10.2. The third-order valence-electron chi connectivity index (χ3n) is 4.16. The maximum Gasteiger partial charge on any atom is 0.138 e. The number of hydrogen-bond acceptors (Lipinski definition) is 0. The summed E-state index contributed by atoms with van der Waals surface area (Å²) >= 11 is 0. The topological polar surface area (TPSA) is 0 Å². The lowest BCUT2D eigenvalue weighted by Gasteiger charge is -2.25. The summed E-state index contributed by atoms with van der Waals surface area (Å²) in [7, 11) is -1.86. The Labute approximate surface area is 133 Å². The maximum atomic E-state index is 2.44. The zero-order chi connectivity index (χ0) is 15.3. The lowest BCUT2D eigenvalue weighted by molar-refractivity contribution is 1.66. The molecule has 0 aliphatic rings. The SMILES string of the molecule is C[Si](/C=C/c1ccccc1)(c1ccccc1)c1ccccc1. The number of hydrogen-bond donors (Lipinski definition) is 0. The van der Waals surface area contributed by atoms with Crippen molar-refractivity contribution in [2.75, 3.05) is 0 Å². The van der Waals surface area contributed by atoms with Crippen LogP contribution >= 0.6 is 0 Å². The van der Waals surface area contributed by atoms with Crippen molar-refractivity contribution in [3.63, 3.8) is 0 Å². The van der Waals surface area contributed by atoms with Crippen LogP contribution in [0.2, 0.25) is 6.55 Å². The normalized spacial score (nSPS) is 11.7.